The van der Waals surface area contributed by atoms with Crippen LogP contribution in [0.5, 0.6) is 0 Å². The van der Waals surface area contributed by atoms with Crippen LogP contribution in [0.15, 0.2) is 9.26 Å². The van der Waals surface area contributed by atoms with Crippen LogP contribution >= 0.6 is 15.9 Å². The molecule has 2 rings (SSSR count). The molecule has 0 aromatic carbocycles. The molecule has 4 nitrogen and oxygen atoms in total. The summed E-state index contributed by atoms with van der Waals surface area (Å²) in [4.78, 5) is 6.62. The van der Waals surface area contributed by atoms with E-state index in [0.29, 0.717) is 10.8 Å². The Kier molecular flexibility index (Phi) is 3.18. The van der Waals surface area contributed by atoms with Crippen molar-refractivity contribution < 1.29 is 4.52 Å². The standard InChI is InChI=1S/C9H14BrN3O/c1-2-13-6-4-3-5-7(13)8-11-9(10)12-14-8/h7H,2-6H2,1H3. The second-order valence-corrected chi connectivity index (χ2v) is 4.25. The molecule has 1 aliphatic rings. The Labute approximate surface area is 91.8 Å². The van der Waals surface area contributed by atoms with Crippen LogP contribution in [0.25, 0.3) is 0 Å². The van der Waals surface area contributed by atoms with Crippen molar-refractivity contribution in [1.29, 1.82) is 0 Å². The lowest BCUT2D eigenvalue weighted by Crippen LogP contribution is -2.33. The Bertz CT molecular complexity index is 302. The van der Waals surface area contributed by atoms with Crippen LogP contribution in [0.1, 0.15) is 38.1 Å². The number of piperidine rings is 1. The molecule has 1 fully saturated rings. The molecule has 0 amide bonds. The van der Waals surface area contributed by atoms with Gasteiger partial charge in [0.2, 0.25) is 10.6 Å². The first-order valence-corrected chi connectivity index (χ1v) is 5.83. The summed E-state index contributed by atoms with van der Waals surface area (Å²) in [5.41, 5.74) is 0. The summed E-state index contributed by atoms with van der Waals surface area (Å²) in [6.07, 6.45) is 3.66. The van der Waals surface area contributed by atoms with Gasteiger partial charge in [0, 0.05) is 0 Å². The highest BCUT2D eigenvalue weighted by Gasteiger charge is 2.27. The molecule has 1 unspecified atom stereocenters. The van der Waals surface area contributed by atoms with E-state index in [9.17, 15) is 0 Å². The fraction of sp³-hybridized carbons (Fsp3) is 0.778. The van der Waals surface area contributed by atoms with Gasteiger partial charge in [-0.3, -0.25) is 4.90 Å². The van der Waals surface area contributed by atoms with Gasteiger partial charge in [-0.15, -0.1) is 0 Å². The normalized spacial score (nSPS) is 24.0. The van der Waals surface area contributed by atoms with Crippen LogP contribution in [0.3, 0.4) is 0 Å². The van der Waals surface area contributed by atoms with Crippen molar-refractivity contribution in [2.45, 2.75) is 32.2 Å². The minimum Gasteiger partial charge on any atom is -0.337 e. The highest BCUT2D eigenvalue weighted by atomic mass is 79.9. The van der Waals surface area contributed by atoms with Crippen LogP contribution in [0, 0.1) is 0 Å². The topological polar surface area (TPSA) is 42.2 Å². The van der Waals surface area contributed by atoms with Crippen molar-refractivity contribution in [2.75, 3.05) is 13.1 Å². The minimum absolute atomic E-state index is 0.326. The molecular formula is C9H14BrN3O. The number of nitrogens with zero attached hydrogens (tertiary/aromatic N) is 3. The summed E-state index contributed by atoms with van der Waals surface area (Å²) < 4.78 is 5.74. The largest absolute Gasteiger partial charge is 0.337 e. The average Bonchev–Trinajstić information content (AvgIpc) is 2.65. The Morgan fingerprint density at radius 3 is 3.07 bits per heavy atom. The van der Waals surface area contributed by atoms with Gasteiger partial charge in [0.05, 0.1) is 6.04 Å². The molecule has 0 aliphatic carbocycles. The van der Waals surface area contributed by atoms with E-state index in [-0.39, 0.29) is 0 Å². The molecule has 0 spiro atoms. The number of rotatable bonds is 2. The van der Waals surface area contributed by atoms with E-state index < -0.39 is 0 Å². The average molecular weight is 260 g/mol. The van der Waals surface area contributed by atoms with Gasteiger partial charge in [0.1, 0.15) is 0 Å². The molecule has 5 heteroatoms. The fourth-order valence-corrected chi connectivity index (χ4v) is 2.25. The molecule has 0 N–H and O–H groups in total. The van der Waals surface area contributed by atoms with E-state index in [2.05, 4.69) is 37.9 Å². The molecule has 2 heterocycles. The third-order valence-corrected chi connectivity index (χ3v) is 3.04. The second kappa shape index (κ2) is 4.40. The van der Waals surface area contributed by atoms with E-state index in [1.807, 2.05) is 0 Å². The molecule has 0 saturated carbocycles. The van der Waals surface area contributed by atoms with E-state index in [1.54, 1.807) is 0 Å². The summed E-state index contributed by atoms with van der Waals surface area (Å²) >= 11 is 3.21. The lowest BCUT2D eigenvalue weighted by Gasteiger charge is -2.32. The monoisotopic (exact) mass is 259 g/mol. The van der Waals surface area contributed by atoms with E-state index in [1.165, 1.54) is 12.8 Å². The highest BCUT2D eigenvalue weighted by molar-refractivity contribution is 9.10. The van der Waals surface area contributed by atoms with Crippen LogP contribution in [0.2, 0.25) is 0 Å². The van der Waals surface area contributed by atoms with Gasteiger partial charge in [0.25, 0.3) is 0 Å². The third-order valence-electron chi connectivity index (χ3n) is 2.72. The van der Waals surface area contributed by atoms with Crippen molar-refractivity contribution in [2.24, 2.45) is 0 Å². The van der Waals surface area contributed by atoms with Crippen molar-refractivity contribution in [3.05, 3.63) is 10.6 Å². The highest BCUT2D eigenvalue weighted by Crippen LogP contribution is 2.29. The van der Waals surface area contributed by atoms with Crippen molar-refractivity contribution in [3.63, 3.8) is 0 Å². The molecule has 0 radical (unpaired) electrons. The molecule has 1 saturated heterocycles. The smallest absolute Gasteiger partial charge is 0.244 e. The molecule has 1 aromatic rings. The van der Waals surface area contributed by atoms with E-state index in [4.69, 9.17) is 4.52 Å². The molecule has 1 aromatic heterocycles. The fourth-order valence-electron chi connectivity index (χ4n) is 2.00. The van der Waals surface area contributed by atoms with Gasteiger partial charge in [-0.25, -0.2) is 0 Å². The minimum atomic E-state index is 0.326. The maximum atomic E-state index is 5.19. The summed E-state index contributed by atoms with van der Waals surface area (Å²) in [5.74, 6) is 0.749. The zero-order chi connectivity index (χ0) is 9.97. The molecular weight excluding hydrogens is 246 g/mol. The van der Waals surface area contributed by atoms with E-state index in [0.717, 1.165) is 25.4 Å². The number of hydrogen-bond acceptors (Lipinski definition) is 4. The van der Waals surface area contributed by atoms with Crippen LogP contribution in [0.4, 0.5) is 0 Å². The molecule has 1 aliphatic heterocycles. The zero-order valence-electron chi connectivity index (χ0n) is 8.24. The van der Waals surface area contributed by atoms with Gasteiger partial charge in [-0.1, -0.05) is 13.3 Å². The van der Waals surface area contributed by atoms with Crippen molar-refractivity contribution >= 4 is 15.9 Å². The van der Waals surface area contributed by atoms with E-state index >= 15 is 0 Å². The van der Waals surface area contributed by atoms with Gasteiger partial charge in [0.15, 0.2) is 0 Å². The Hall–Kier alpha value is -0.420. The van der Waals surface area contributed by atoms with Gasteiger partial charge in [-0.2, -0.15) is 4.98 Å². The number of hydrogen-bond donors (Lipinski definition) is 0. The van der Waals surface area contributed by atoms with Crippen LogP contribution < -0.4 is 0 Å². The number of likely N-dealkylation sites (tertiary alicyclic amines) is 1. The van der Waals surface area contributed by atoms with Gasteiger partial charge < -0.3 is 4.52 Å². The Morgan fingerprint density at radius 1 is 1.57 bits per heavy atom. The predicted octanol–water partition coefficient (Wildman–Crippen LogP) is 2.38. The Balaban J connectivity index is 2.14. The maximum Gasteiger partial charge on any atom is 0.244 e. The zero-order valence-corrected chi connectivity index (χ0v) is 9.83. The summed E-state index contributed by atoms with van der Waals surface area (Å²) in [7, 11) is 0. The third kappa shape index (κ3) is 1.98. The second-order valence-electron chi connectivity index (χ2n) is 3.54. The SMILES string of the molecule is CCN1CCCCC1c1nc(Br)no1. The number of halogens is 1. The lowest BCUT2D eigenvalue weighted by molar-refractivity contribution is 0.125. The summed E-state index contributed by atoms with van der Waals surface area (Å²) in [6.45, 7) is 4.36. The molecule has 1 atom stereocenters. The van der Waals surface area contributed by atoms with Crippen LogP contribution in [-0.4, -0.2) is 28.1 Å². The Morgan fingerprint density at radius 2 is 2.43 bits per heavy atom. The van der Waals surface area contributed by atoms with Gasteiger partial charge in [-0.05, 0) is 47.0 Å². The molecule has 14 heavy (non-hydrogen) atoms. The molecule has 0 bridgehead atoms. The van der Waals surface area contributed by atoms with Gasteiger partial charge >= 0.3 is 0 Å². The maximum absolute atomic E-state index is 5.19. The van der Waals surface area contributed by atoms with Crippen LogP contribution in [-0.2, 0) is 0 Å². The first-order chi connectivity index (χ1) is 6.81. The van der Waals surface area contributed by atoms with Crippen molar-refractivity contribution in [1.82, 2.24) is 15.0 Å². The summed E-state index contributed by atoms with van der Waals surface area (Å²) in [6, 6.07) is 0.326. The predicted molar refractivity (Wildman–Crippen MR) is 55.8 cm³/mol. The quantitative estimate of drug-likeness (QED) is 0.818. The first kappa shape index (κ1) is 10.1. The molecule has 78 valence electrons. The summed E-state index contributed by atoms with van der Waals surface area (Å²) in [5, 5.41) is 3.76. The number of aromatic nitrogens is 2. The first-order valence-electron chi connectivity index (χ1n) is 5.04. The lowest BCUT2D eigenvalue weighted by atomic mass is 10.0. The van der Waals surface area contributed by atoms with Crippen molar-refractivity contribution in [3.8, 4) is 0 Å².